The lowest BCUT2D eigenvalue weighted by Gasteiger charge is -2.12. The first-order valence-electron chi connectivity index (χ1n) is 15.1. The molecule has 0 aliphatic carbocycles. The molecule has 0 saturated heterocycles. The first-order valence-corrected chi connectivity index (χ1v) is 15.1. The molecule has 4 aromatic heterocycles. The van der Waals surface area contributed by atoms with Crippen LogP contribution < -0.4 is 21.3 Å². The Kier molecular flexibility index (Phi) is 9.82. The van der Waals surface area contributed by atoms with Gasteiger partial charge in [0.2, 0.25) is 23.8 Å². The fourth-order valence-corrected chi connectivity index (χ4v) is 5.02. The van der Waals surface area contributed by atoms with Crippen LogP contribution in [-0.2, 0) is 26.2 Å². The van der Waals surface area contributed by atoms with Gasteiger partial charge in [-0.15, -0.1) is 0 Å². The molecule has 0 saturated carbocycles. The molecule has 8 heterocycles. The monoisotopic (exact) mass is 580 g/mol. The first-order chi connectivity index (χ1) is 20.4. The molecule has 16 heteroatoms. The third-order valence-electron chi connectivity index (χ3n) is 6.96. The van der Waals surface area contributed by atoms with E-state index in [2.05, 4.69) is 61.6 Å². The van der Waals surface area contributed by atoms with E-state index in [-0.39, 0.29) is 0 Å². The topological polar surface area (TPSA) is 171 Å². The van der Waals surface area contributed by atoms with Crippen LogP contribution in [0.25, 0.3) is 0 Å². The van der Waals surface area contributed by atoms with E-state index in [4.69, 9.17) is 0 Å². The molecule has 4 N–H and O–H groups in total. The van der Waals surface area contributed by atoms with Gasteiger partial charge in [0.1, 0.15) is 23.3 Å². The fourth-order valence-electron chi connectivity index (χ4n) is 5.02. The Labute approximate surface area is 246 Å². The second-order valence-corrected chi connectivity index (χ2v) is 10.7. The highest BCUT2D eigenvalue weighted by molar-refractivity contribution is 5.28. The SMILES string of the molecule is Cc1nc2n(n1)CCCCCN2.Cc1nc2n(n1)CCCCN2.Cc1nc2n(n1)CCCN2.Cc1nc2n(n1)CCN2. The number of anilines is 4. The van der Waals surface area contributed by atoms with E-state index in [1.165, 1.54) is 32.1 Å². The van der Waals surface area contributed by atoms with Crippen LogP contribution in [0.4, 0.5) is 23.8 Å². The molecule has 0 unspecified atom stereocenters. The highest BCUT2D eigenvalue weighted by Gasteiger charge is 2.12. The summed E-state index contributed by atoms with van der Waals surface area (Å²) in [6.07, 6.45) is 7.30. The maximum atomic E-state index is 4.30. The van der Waals surface area contributed by atoms with Crippen molar-refractivity contribution in [2.24, 2.45) is 0 Å². The lowest BCUT2D eigenvalue weighted by atomic mass is 10.2. The van der Waals surface area contributed by atoms with E-state index in [1.807, 2.05) is 46.4 Å². The van der Waals surface area contributed by atoms with Crippen molar-refractivity contribution in [1.82, 2.24) is 59.1 Å². The van der Waals surface area contributed by atoms with E-state index in [9.17, 15) is 0 Å². The molecule has 0 amide bonds. The zero-order valence-electron chi connectivity index (χ0n) is 25.3. The van der Waals surface area contributed by atoms with Crippen molar-refractivity contribution in [2.75, 3.05) is 47.4 Å². The summed E-state index contributed by atoms with van der Waals surface area (Å²) in [5.74, 6) is 7.11. The van der Waals surface area contributed by atoms with Crippen molar-refractivity contribution in [3.05, 3.63) is 23.3 Å². The van der Waals surface area contributed by atoms with E-state index in [0.29, 0.717) is 0 Å². The molecule has 228 valence electrons. The summed E-state index contributed by atoms with van der Waals surface area (Å²) in [6, 6.07) is 0. The summed E-state index contributed by atoms with van der Waals surface area (Å²) in [5, 5.41) is 29.7. The summed E-state index contributed by atoms with van der Waals surface area (Å²) in [7, 11) is 0. The van der Waals surface area contributed by atoms with Gasteiger partial charge >= 0.3 is 0 Å². The van der Waals surface area contributed by atoms with Crippen molar-refractivity contribution in [3.8, 4) is 0 Å². The average Bonchev–Trinajstić information content (AvgIpc) is 3.74. The van der Waals surface area contributed by atoms with Crippen LogP contribution in [0.1, 0.15) is 61.8 Å². The zero-order valence-corrected chi connectivity index (χ0v) is 25.3. The lowest BCUT2D eigenvalue weighted by Crippen LogP contribution is -2.17. The van der Waals surface area contributed by atoms with E-state index >= 15 is 0 Å². The molecular weight excluding hydrogens is 536 g/mol. The predicted molar refractivity (Wildman–Crippen MR) is 161 cm³/mol. The highest BCUT2D eigenvalue weighted by atomic mass is 15.4. The summed E-state index contributed by atoms with van der Waals surface area (Å²) < 4.78 is 7.71. The van der Waals surface area contributed by atoms with Crippen LogP contribution >= 0.6 is 0 Å². The minimum atomic E-state index is 0.845. The second-order valence-electron chi connectivity index (χ2n) is 10.7. The third kappa shape index (κ3) is 7.94. The Hall–Kier alpha value is -4.24. The Morgan fingerprint density at radius 3 is 1.17 bits per heavy atom. The van der Waals surface area contributed by atoms with Gasteiger partial charge in [-0.05, 0) is 66.2 Å². The second kappa shape index (κ2) is 14.1. The number of rotatable bonds is 0. The standard InChI is InChI=1S/C8H14N4.C7H12N4.C6H10N4.C5H8N4/c1-7-10-8-9-5-3-2-4-6-12(8)11-7;1-6-9-7-8-4-2-3-5-11(7)10-6;1-5-8-6-7-3-2-4-10(6)9-5;1-4-7-5-6-2-3-9(5)8-4/h2-6H2,1H3,(H,9,10,11);2-5H2,1H3,(H,8,9,10);2-4H2,1H3,(H,7,8,9);2-3H2,1H3,(H,6,7,8). The Morgan fingerprint density at radius 1 is 0.381 bits per heavy atom. The molecule has 0 spiro atoms. The van der Waals surface area contributed by atoms with Crippen LogP contribution in [0.2, 0.25) is 0 Å². The molecule has 0 radical (unpaired) electrons. The van der Waals surface area contributed by atoms with Gasteiger partial charge in [0, 0.05) is 45.8 Å². The zero-order chi connectivity index (χ0) is 29.3. The number of hydrogen-bond acceptors (Lipinski definition) is 12. The van der Waals surface area contributed by atoms with Crippen LogP contribution in [0.3, 0.4) is 0 Å². The largest absolute Gasteiger partial charge is 0.354 e. The maximum absolute atomic E-state index is 4.30. The molecule has 8 rings (SSSR count). The molecule has 0 atom stereocenters. The molecule has 4 aliphatic rings. The highest BCUT2D eigenvalue weighted by Crippen LogP contribution is 2.12. The summed E-state index contributed by atoms with van der Waals surface area (Å²) in [6.45, 7) is 15.7. The van der Waals surface area contributed by atoms with Gasteiger partial charge in [0.05, 0.1) is 6.54 Å². The van der Waals surface area contributed by atoms with Crippen molar-refractivity contribution < 1.29 is 0 Å². The van der Waals surface area contributed by atoms with Gasteiger partial charge < -0.3 is 21.3 Å². The minimum absolute atomic E-state index is 0.845. The molecule has 0 bridgehead atoms. The van der Waals surface area contributed by atoms with Crippen LogP contribution in [-0.4, -0.2) is 85.2 Å². The fraction of sp³-hybridized carbons (Fsp3) is 0.692. The van der Waals surface area contributed by atoms with E-state index < -0.39 is 0 Å². The molecule has 4 aromatic rings. The summed E-state index contributed by atoms with van der Waals surface area (Å²) in [4.78, 5) is 16.9. The normalized spacial score (nSPS) is 16.5. The number of hydrogen-bond donors (Lipinski definition) is 4. The van der Waals surface area contributed by atoms with Crippen LogP contribution in [0.15, 0.2) is 0 Å². The number of aromatic nitrogens is 12. The van der Waals surface area contributed by atoms with Gasteiger partial charge in [-0.1, -0.05) is 0 Å². The number of nitrogens with one attached hydrogen (secondary N) is 4. The van der Waals surface area contributed by atoms with Crippen molar-refractivity contribution >= 4 is 23.8 Å². The van der Waals surface area contributed by atoms with Gasteiger partial charge in [-0.3, -0.25) is 0 Å². The molecule has 0 fully saturated rings. The molecule has 42 heavy (non-hydrogen) atoms. The maximum Gasteiger partial charge on any atom is 0.221 e. The Morgan fingerprint density at radius 2 is 0.714 bits per heavy atom. The third-order valence-corrected chi connectivity index (χ3v) is 6.96. The van der Waals surface area contributed by atoms with Crippen LogP contribution in [0.5, 0.6) is 0 Å². The Balaban J connectivity index is 0.000000112. The molecule has 4 aliphatic heterocycles. The first kappa shape index (κ1) is 29.3. The van der Waals surface area contributed by atoms with Gasteiger partial charge in [-0.2, -0.15) is 40.3 Å². The molecule has 0 aromatic carbocycles. The van der Waals surface area contributed by atoms with Gasteiger partial charge in [-0.25, -0.2) is 18.7 Å². The molecular formula is C26H44N16. The average molecular weight is 581 g/mol. The van der Waals surface area contributed by atoms with Gasteiger partial charge in [0.25, 0.3) is 0 Å². The molecule has 16 nitrogen and oxygen atoms in total. The van der Waals surface area contributed by atoms with E-state index in [1.54, 1.807) is 0 Å². The smallest absolute Gasteiger partial charge is 0.221 e. The summed E-state index contributed by atoms with van der Waals surface area (Å²) >= 11 is 0. The quantitative estimate of drug-likeness (QED) is 0.240. The van der Waals surface area contributed by atoms with Crippen molar-refractivity contribution in [3.63, 3.8) is 0 Å². The van der Waals surface area contributed by atoms with E-state index in [0.717, 1.165) is 106 Å². The van der Waals surface area contributed by atoms with Gasteiger partial charge in [0.15, 0.2) is 0 Å². The summed E-state index contributed by atoms with van der Waals surface area (Å²) in [5.41, 5.74) is 0. The van der Waals surface area contributed by atoms with Crippen LogP contribution in [0, 0.1) is 27.7 Å². The number of aryl methyl sites for hydroxylation is 7. The number of fused-ring (bicyclic) bond motifs is 4. The lowest BCUT2D eigenvalue weighted by molar-refractivity contribution is 0.534. The van der Waals surface area contributed by atoms with Crippen molar-refractivity contribution in [2.45, 2.75) is 92.4 Å². The van der Waals surface area contributed by atoms with Crippen molar-refractivity contribution in [1.29, 1.82) is 0 Å². The number of nitrogens with zero attached hydrogens (tertiary/aromatic N) is 12. The Bertz CT molecular complexity index is 1320. The minimum Gasteiger partial charge on any atom is -0.354 e. The predicted octanol–water partition coefficient (Wildman–Crippen LogP) is 2.39.